The number of rotatable bonds is 4. The number of nitrogens with zero attached hydrogens (tertiary/aromatic N) is 2. The van der Waals surface area contributed by atoms with Gasteiger partial charge in [0.25, 0.3) is 5.91 Å². The van der Waals surface area contributed by atoms with Crippen molar-refractivity contribution < 1.29 is 9.53 Å². The number of carbonyl (C=O) groups is 1. The molecular formula is C16H20N4O2. The molecule has 0 aliphatic carbocycles. The predicted octanol–water partition coefficient (Wildman–Crippen LogP) is 2.48. The Bertz CT molecular complexity index is 683. The van der Waals surface area contributed by atoms with Crippen LogP contribution in [0.25, 0.3) is 0 Å². The van der Waals surface area contributed by atoms with Gasteiger partial charge in [-0.1, -0.05) is 32.9 Å². The topological polar surface area (TPSA) is 79.4 Å². The summed E-state index contributed by atoms with van der Waals surface area (Å²) in [6.07, 6.45) is 1.54. The number of benzene rings is 1. The van der Waals surface area contributed by atoms with Gasteiger partial charge in [0, 0.05) is 16.7 Å². The van der Waals surface area contributed by atoms with Crippen LogP contribution in [-0.4, -0.2) is 29.4 Å². The Kier molecular flexibility index (Phi) is 4.60. The van der Waals surface area contributed by atoms with Gasteiger partial charge < -0.3 is 4.74 Å². The molecule has 1 heterocycles. The normalized spacial score (nSPS) is 11.6. The highest BCUT2D eigenvalue weighted by Gasteiger charge is 2.19. The molecule has 0 bridgehead atoms. The van der Waals surface area contributed by atoms with E-state index in [1.807, 2.05) is 45.0 Å². The predicted molar refractivity (Wildman–Crippen MR) is 85.3 cm³/mol. The number of nitrogens with one attached hydrogen (secondary N) is 2. The van der Waals surface area contributed by atoms with Gasteiger partial charge in [-0.05, 0) is 18.2 Å². The van der Waals surface area contributed by atoms with E-state index in [2.05, 4.69) is 20.7 Å². The minimum atomic E-state index is -0.363. The molecule has 2 rings (SSSR count). The first-order valence-electron chi connectivity index (χ1n) is 6.94. The largest absolute Gasteiger partial charge is 0.496 e. The number of H-pyrrole nitrogens is 1. The average Bonchev–Trinajstić information content (AvgIpc) is 2.97. The van der Waals surface area contributed by atoms with E-state index in [0.717, 1.165) is 11.3 Å². The molecule has 0 fully saturated rings. The Balaban J connectivity index is 2.04. The van der Waals surface area contributed by atoms with Crippen molar-refractivity contribution in [1.82, 2.24) is 15.6 Å². The molecule has 6 nitrogen and oxygen atoms in total. The SMILES string of the molecule is COc1ccccc1/C=N/NC(=O)c1cc(C(C)(C)C)[nH]n1. The first-order valence-corrected chi connectivity index (χ1v) is 6.94. The van der Waals surface area contributed by atoms with Crippen LogP contribution in [0.2, 0.25) is 0 Å². The standard InChI is InChI=1S/C16H20N4O2/c1-16(2,3)14-9-12(18-19-14)15(21)20-17-10-11-7-5-6-8-13(11)22-4/h5-10H,1-4H3,(H,18,19)(H,20,21)/b17-10+. The Morgan fingerprint density at radius 3 is 2.73 bits per heavy atom. The number of methoxy groups -OCH3 is 1. The number of ether oxygens (including phenoxy) is 1. The van der Waals surface area contributed by atoms with Crippen molar-refractivity contribution in [1.29, 1.82) is 0 Å². The molecular weight excluding hydrogens is 280 g/mol. The molecule has 6 heteroatoms. The number of hydrazone groups is 1. The first-order chi connectivity index (χ1) is 10.4. The van der Waals surface area contributed by atoms with Crippen LogP contribution in [-0.2, 0) is 5.41 Å². The summed E-state index contributed by atoms with van der Waals surface area (Å²) in [4.78, 5) is 12.0. The van der Waals surface area contributed by atoms with Crippen LogP contribution >= 0.6 is 0 Å². The van der Waals surface area contributed by atoms with Crippen molar-refractivity contribution in [2.24, 2.45) is 5.10 Å². The number of para-hydroxylation sites is 1. The molecule has 2 N–H and O–H groups in total. The van der Waals surface area contributed by atoms with Crippen molar-refractivity contribution in [3.63, 3.8) is 0 Å². The summed E-state index contributed by atoms with van der Waals surface area (Å²) in [7, 11) is 1.59. The lowest BCUT2D eigenvalue weighted by molar-refractivity contribution is 0.0950. The summed E-state index contributed by atoms with van der Waals surface area (Å²) in [5, 5.41) is 10.8. The number of aromatic amines is 1. The zero-order valence-electron chi connectivity index (χ0n) is 13.2. The minimum Gasteiger partial charge on any atom is -0.496 e. The second kappa shape index (κ2) is 6.43. The van der Waals surface area contributed by atoms with Gasteiger partial charge in [-0.2, -0.15) is 10.2 Å². The lowest BCUT2D eigenvalue weighted by Gasteiger charge is -2.14. The molecule has 0 atom stereocenters. The van der Waals surface area contributed by atoms with Crippen LogP contribution in [0, 0.1) is 0 Å². The fraction of sp³-hybridized carbons (Fsp3) is 0.312. The maximum atomic E-state index is 12.0. The van der Waals surface area contributed by atoms with E-state index in [9.17, 15) is 4.79 Å². The van der Waals surface area contributed by atoms with Gasteiger partial charge in [0.2, 0.25) is 0 Å². The fourth-order valence-corrected chi connectivity index (χ4v) is 1.81. The maximum absolute atomic E-state index is 12.0. The molecule has 0 aliphatic rings. The lowest BCUT2D eigenvalue weighted by Crippen LogP contribution is -2.18. The van der Waals surface area contributed by atoms with Crippen molar-refractivity contribution in [2.45, 2.75) is 26.2 Å². The summed E-state index contributed by atoms with van der Waals surface area (Å²) < 4.78 is 5.21. The third kappa shape index (κ3) is 3.72. The fourth-order valence-electron chi connectivity index (χ4n) is 1.81. The van der Waals surface area contributed by atoms with Crippen molar-refractivity contribution in [2.75, 3.05) is 7.11 Å². The quantitative estimate of drug-likeness (QED) is 0.672. The molecule has 22 heavy (non-hydrogen) atoms. The highest BCUT2D eigenvalue weighted by atomic mass is 16.5. The molecule has 1 amide bonds. The summed E-state index contributed by atoms with van der Waals surface area (Å²) in [5.74, 6) is 0.327. The van der Waals surface area contributed by atoms with Gasteiger partial charge in [0.15, 0.2) is 5.69 Å². The summed E-state index contributed by atoms with van der Waals surface area (Å²) in [5.41, 5.74) is 4.35. The van der Waals surface area contributed by atoms with Gasteiger partial charge in [-0.3, -0.25) is 9.89 Å². The zero-order chi connectivity index (χ0) is 16.2. The van der Waals surface area contributed by atoms with Crippen molar-refractivity contribution in [3.8, 4) is 5.75 Å². The van der Waals surface area contributed by atoms with Crippen molar-refractivity contribution in [3.05, 3.63) is 47.3 Å². The zero-order valence-corrected chi connectivity index (χ0v) is 13.2. The molecule has 1 aromatic heterocycles. The van der Waals surface area contributed by atoms with Gasteiger partial charge in [0.1, 0.15) is 5.75 Å². The number of amides is 1. The van der Waals surface area contributed by atoms with Crippen LogP contribution in [0.15, 0.2) is 35.4 Å². The van der Waals surface area contributed by atoms with E-state index in [-0.39, 0.29) is 11.3 Å². The third-order valence-electron chi connectivity index (χ3n) is 3.13. The van der Waals surface area contributed by atoms with Gasteiger partial charge >= 0.3 is 0 Å². The Morgan fingerprint density at radius 2 is 2.09 bits per heavy atom. The first kappa shape index (κ1) is 15.8. The van der Waals surface area contributed by atoms with E-state index in [4.69, 9.17) is 4.74 Å². The molecule has 0 unspecified atom stereocenters. The number of carbonyl (C=O) groups excluding carboxylic acids is 1. The molecule has 0 aliphatic heterocycles. The third-order valence-corrected chi connectivity index (χ3v) is 3.13. The number of hydrogen-bond acceptors (Lipinski definition) is 4. The average molecular weight is 300 g/mol. The number of hydrogen-bond donors (Lipinski definition) is 2. The second-order valence-electron chi connectivity index (χ2n) is 5.86. The van der Waals surface area contributed by atoms with Gasteiger partial charge in [-0.25, -0.2) is 5.43 Å². The van der Waals surface area contributed by atoms with Crippen LogP contribution < -0.4 is 10.2 Å². The lowest BCUT2D eigenvalue weighted by atomic mass is 9.92. The van der Waals surface area contributed by atoms with Crippen LogP contribution in [0.5, 0.6) is 5.75 Å². The van der Waals surface area contributed by atoms with Crippen LogP contribution in [0.1, 0.15) is 42.5 Å². The summed E-state index contributed by atoms with van der Waals surface area (Å²) in [6.45, 7) is 6.13. The molecule has 1 aromatic carbocycles. The molecule has 0 radical (unpaired) electrons. The van der Waals surface area contributed by atoms with E-state index in [1.54, 1.807) is 13.2 Å². The minimum absolute atomic E-state index is 0.0911. The number of aromatic nitrogens is 2. The van der Waals surface area contributed by atoms with Crippen LogP contribution in [0.3, 0.4) is 0 Å². The van der Waals surface area contributed by atoms with E-state index in [1.165, 1.54) is 6.21 Å². The molecule has 0 spiro atoms. The summed E-state index contributed by atoms with van der Waals surface area (Å²) in [6, 6.07) is 9.14. The van der Waals surface area contributed by atoms with E-state index in [0.29, 0.717) is 11.4 Å². The molecule has 2 aromatic rings. The smallest absolute Gasteiger partial charge is 0.291 e. The molecule has 0 saturated carbocycles. The Labute approximate surface area is 129 Å². The van der Waals surface area contributed by atoms with E-state index >= 15 is 0 Å². The highest BCUT2D eigenvalue weighted by molar-refractivity contribution is 5.93. The van der Waals surface area contributed by atoms with Crippen molar-refractivity contribution >= 4 is 12.1 Å². The monoisotopic (exact) mass is 300 g/mol. The van der Waals surface area contributed by atoms with Gasteiger partial charge in [0.05, 0.1) is 13.3 Å². The van der Waals surface area contributed by atoms with Gasteiger partial charge in [-0.15, -0.1) is 0 Å². The Morgan fingerprint density at radius 1 is 1.36 bits per heavy atom. The second-order valence-corrected chi connectivity index (χ2v) is 5.86. The molecule has 0 saturated heterocycles. The van der Waals surface area contributed by atoms with E-state index < -0.39 is 0 Å². The van der Waals surface area contributed by atoms with Crippen LogP contribution in [0.4, 0.5) is 0 Å². The maximum Gasteiger partial charge on any atom is 0.291 e. The summed E-state index contributed by atoms with van der Waals surface area (Å²) >= 11 is 0. The molecule has 116 valence electrons. The Hall–Kier alpha value is -2.63. The highest BCUT2D eigenvalue weighted by Crippen LogP contribution is 2.20.